The van der Waals surface area contributed by atoms with Crippen LogP contribution in [-0.4, -0.2) is 5.71 Å². The molecule has 0 spiro atoms. The Balaban J connectivity index is 1.03. The first kappa shape index (κ1) is 35.3. The van der Waals surface area contributed by atoms with Crippen LogP contribution in [0.3, 0.4) is 0 Å². The van der Waals surface area contributed by atoms with E-state index >= 15 is 0 Å². The third kappa shape index (κ3) is 5.86. The molecule has 1 unspecified atom stereocenters. The summed E-state index contributed by atoms with van der Waals surface area (Å²) in [6, 6.07) is 66.9. The summed E-state index contributed by atoms with van der Waals surface area (Å²) in [5.74, 6) is 0. The number of hydrogen-bond donors (Lipinski definition) is 1. The molecule has 9 aromatic carbocycles. The maximum absolute atomic E-state index is 6.80. The third-order valence-electron chi connectivity index (χ3n) is 12.6. The topological polar surface area (TPSA) is 50.7 Å². The van der Waals surface area contributed by atoms with Crippen molar-refractivity contribution in [1.29, 1.82) is 0 Å². The minimum Gasteiger partial charge on any atom is -0.456 e. The summed E-state index contributed by atoms with van der Waals surface area (Å²) in [4.78, 5) is 5.64. The van der Waals surface area contributed by atoms with E-state index < -0.39 is 0 Å². The van der Waals surface area contributed by atoms with Gasteiger partial charge in [-0.1, -0.05) is 164 Å². The average Bonchev–Trinajstić information content (AvgIpc) is 3.90. The summed E-state index contributed by atoms with van der Waals surface area (Å²) >= 11 is 0. The Morgan fingerprint density at radius 2 is 1.11 bits per heavy atom. The standard InChI is InChI=1S/C57H40N2O2/c1-35-28-33-49(37-15-3-2-4-16-37)58-57(59-55(35)47-23-13-26-51-54(47)46-20-9-10-25-50(46)60-51)45-32-31-43(41-18-7-8-19-42(41)45)44-22-12-27-52-53(44)48-24-11-21-40(56(48)61-52)39-30-29-36-14-5-6-17-38(36)34-39/h2-27,29-32,34,57,59H,28,33H2,1H3/b55-35-,58-49?. The first-order valence-electron chi connectivity index (χ1n) is 21.1. The van der Waals surface area contributed by atoms with E-state index in [0.29, 0.717) is 0 Å². The lowest BCUT2D eigenvalue weighted by atomic mass is 9.90. The number of hydrogen-bond acceptors (Lipinski definition) is 4. The first-order chi connectivity index (χ1) is 30.2. The van der Waals surface area contributed by atoms with E-state index in [2.05, 4.69) is 194 Å². The third-order valence-corrected chi connectivity index (χ3v) is 12.6. The second kappa shape index (κ2) is 14.2. The van der Waals surface area contributed by atoms with Gasteiger partial charge in [0.25, 0.3) is 0 Å². The molecule has 1 N–H and O–H groups in total. The molecule has 2 aromatic heterocycles. The zero-order valence-electron chi connectivity index (χ0n) is 33.7. The first-order valence-corrected chi connectivity index (χ1v) is 21.1. The van der Waals surface area contributed by atoms with Crippen LogP contribution in [0.5, 0.6) is 0 Å². The molecule has 0 radical (unpaired) electrons. The van der Waals surface area contributed by atoms with Crippen molar-refractivity contribution in [3.05, 3.63) is 210 Å². The zero-order chi connectivity index (χ0) is 40.4. The quantitative estimate of drug-likeness (QED) is 0.189. The predicted octanol–water partition coefficient (Wildman–Crippen LogP) is 15.4. The van der Waals surface area contributed by atoms with Crippen LogP contribution in [-0.2, 0) is 0 Å². The fourth-order valence-electron chi connectivity index (χ4n) is 9.68. The zero-order valence-corrected chi connectivity index (χ0v) is 33.7. The summed E-state index contributed by atoms with van der Waals surface area (Å²) in [6.07, 6.45) is 1.33. The molecule has 1 aliphatic heterocycles. The van der Waals surface area contributed by atoms with E-state index in [-0.39, 0.29) is 6.17 Å². The normalized spacial score (nSPS) is 16.0. The van der Waals surface area contributed by atoms with Crippen LogP contribution in [0.25, 0.3) is 93.4 Å². The van der Waals surface area contributed by atoms with Crippen LogP contribution < -0.4 is 5.32 Å². The summed E-state index contributed by atoms with van der Waals surface area (Å²) in [5.41, 5.74) is 15.0. The molecule has 11 aromatic rings. The Bertz CT molecular complexity index is 3590. The number of allylic oxidation sites excluding steroid dienone is 1. The van der Waals surface area contributed by atoms with Crippen molar-refractivity contribution in [2.45, 2.75) is 25.9 Å². The lowest BCUT2D eigenvalue weighted by Gasteiger charge is -2.27. The van der Waals surface area contributed by atoms with Crippen LogP contribution in [0.2, 0.25) is 0 Å². The minimum absolute atomic E-state index is 0.372. The van der Waals surface area contributed by atoms with Crippen LogP contribution in [0.1, 0.15) is 42.6 Å². The summed E-state index contributed by atoms with van der Waals surface area (Å²) in [7, 11) is 0. The second-order valence-electron chi connectivity index (χ2n) is 16.2. The maximum atomic E-state index is 6.80. The number of nitrogens with zero attached hydrogens (tertiary/aromatic N) is 1. The molecule has 1 atom stereocenters. The van der Waals surface area contributed by atoms with Crippen LogP contribution in [0, 0.1) is 0 Å². The molecule has 0 aliphatic carbocycles. The monoisotopic (exact) mass is 784 g/mol. The largest absolute Gasteiger partial charge is 0.456 e. The van der Waals surface area contributed by atoms with Gasteiger partial charge in [0.2, 0.25) is 0 Å². The van der Waals surface area contributed by atoms with E-state index in [1.165, 1.54) is 16.3 Å². The molecule has 0 bridgehead atoms. The van der Waals surface area contributed by atoms with Gasteiger partial charge in [0.15, 0.2) is 0 Å². The van der Waals surface area contributed by atoms with Gasteiger partial charge in [0.1, 0.15) is 28.5 Å². The van der Waals surface area contributed by atoms with Gasteiger partial charge >= 0.3 is 0 Å². The molecule has 0 fully saturated rings. The molecule has 0 saturated heterocycles. The number of aliphatic imine (C=N–C) groups is 1. The Hall–Kier alpha value is -7.69. The summed E-state index contributed by atoms with van der Waals surface area (Å²) in [6.45, 7) is 2.26. The van der Waals surface area contributed by atoms with E-state index in [9.17, 15) is 0 Å². The second-order valence-corrected chi connectivity index (χ2v) is 16.2. The number of benzene rings is 9. The van der Waals surface area contributed by atoms with Crippen molar-refractivity contribution in [1.82, 2.24) is 5.32 Å². The Morgan fingerprint density at radius 3 is 1.98 bits per heavy atom. The highest BCUT2D eigenvalue weighted by Gasteiger charge is 2.25. The van der Waals surface area contributed by atoms with Crippen molar-refractivity contribution >= 4 is 76.8 Å². The van der Waals surface area contributed by atoms with Gasteiger partial charge < -0.3 is 14.2 Å². The smallest absolute Gasteiger partial charge is 0.145 e. The van der Waals surface area contributed by atoms with Crippen molar-refractivity contribution in [2.75, 3.05) is 0 Å². The molecule has 4 nitrogen and oxygen atoms in total. The Kier molecular flexibility index (Phi) is 8.24. The van der Waals surface area contributed by atoms with Crippen molar-refractivity contribution in [2.24, 2.45) is 4.99 Å². The number of para-hydroxylation sites is 2. The van der Waals surface area contributed by atoms with Gasteiger partial charge in [-0.2, -0.15) is 0 Å². The number of rotatable bonds is 5. The van der Waals surface area contributed by atoms with Crippen molar-refractivity contribution in [3.8, 4) is 22.3 Å². The highest BCUT2D eigenvalue weighted by Crippen LogP contribution is 2.44. The molecule has 61 heavy (non-hydrogen) atoms. The van der Waals surface area contributed by atoms with Crippen molar-refractivity contribution in [3.63, 3.8) is 0 Å². The molecule has 3 heterocycles. The van der Waals surface area contributed by atoms with Gasteiger partial charge in [-0.25, -0.2) is 0 Å². The van der Waals surface area contributed by atoms with Gasteiger partial charge in [0, 0.05) is 49.6 Å². The lowest BCUT2D eigenvalue weighted by molar-refractivity contribution is 0.660. The van der Waals surface area contributed by atoms with Crippen LogP contribution >= 0.6 is 0 Å². The van der Waals surface area contributed by atoms with Gasteiger partial charge in [0.05, 0.1) is 0 Å². The number of fused-ring (bicyclic) bond motifs is 8. The van der Waals surface area contributed by atoms with Gasteiger partial charge in [-0.15, -0.1) is 0 Å². The van der Waals surface area contributed by atoms with E-state index in [0.717, 1.165) is 118 Å². The van der Waals surface area contributed by atoms with Crippen LogP contribution in [0.15, 0.2) is 207 Å². The Labute approximate surface area is 353 Å². The lowest BCUT2D eigenvalue weighted by Crippen LogP contribution is -2.24. The SMILES string of the molecule is C/C1=C(\c2cccc3oc4ccccc4c23)NC(c2ccc(-c3cccc4oc5c(-c6ccc7ccccc7c6)cccc5c34)c3ccccc23)N=C(c2ccccc2)CC1. The number of furan rings is 2. The van der Waals surface area contributed by atoms with E-state index in [1.54, 1.807) is 0 Å². The molecule has 1 aliphatic rings. The summed E-state index contributed by atoms with van der Waals surface area (Å²) in [5, 5.41) is 13.3. The fraction of sp³-hybridized carbons (Fsp3) is 0.0702. The molecule has 0 saturated carbocycles. The Morgan fingerprint density at radius 1 is 0.459 bits per heavy atom. The molecule has 4 heteroatoms. The minimum atomic E-state index is -0.372. The molecular weight excluding hydrogens is 745 g/mol. The average molecular weight is 785 g/mol. The highest BCUT2D eigenvalue weighted by atomic mass is 16.3. The summed E-state index contributed by atoms with van der Waals surface area (Å²) < 4.78 is 13.2. The van der Waals surface area contributed by atoms with Gasteiger partial charge in [-0.3, -0.25) is 4.99 Å². The maximum Gasteiger partial charge on any atom is 0.145 e. The van der Waals surface area contributed by atoms with E-state index in [4.69, 9.17) is 13.8 Å². The molecule has 290 valence electrons. The molecule has 0 amide bonds. The van der Waals surface area contributed by atoms with E-state index in [1.807, 2.05) is 6.07 Å². The predicted molar refractivity (Wildman–Crippen MR) is 254 cm³/mol. The van der Waals surface area contributed by atoms with Crippen molar-refractivity contribution < 1.29 is 8.83 Å². The van der Waals surface area contributed by atoms with Crippen LogP contribution in [0.4, 0.5) is 0 Å². The highest BCUT2D eigenvalue weighted by molar-refractivity contribution is 6.18. The molecule has 12 rings (SSSR count). The fourth-order valence-corrected chi connectivity index (χ4v) is 9.68. The molecular formula is C57H40N2O2. The van der Waals surface area contributed by atoms with Gasteiger partial charge in [-0.05, 0) is 93.4 Å². The number of nitrogens with one attached hydrogen (secondary N) is 1.